The average molecular weight is 1150 g/mol. The summed E-state index contributed by atoms with van der Waals surface area (Å²) in [7, 11) is 0. The van der Waals surface area contributed by atoms with Crippen LogP contribution in [0.5, 0.6) is 0 Å². The Morgan fingerprint density at radius 3 is 0.444 bits per heavy atom. The monoisotopic (exact) mass is 1150 g/mol. The van der Waals surface area contributed by atoms with Crippen molar-refractivity contribution < 1.29 is 86.4 Å². The van der Waals surface area contributed by atoms with Crippen LogP contribution in [-0.4, -0.2) is 113 Å². The van der Waals surface area contributed by atoms with Gasteiger partial charge in [0.15, 0.2) is 0 Å². The molecule has 5 radical (unpaired) electrons. The van der Waals surface area contributed by atoms with Crippen LogP contribution >= 0.6 is 0 Å². The number of hydrogen-bond acceptors (Lipinski definition) is 12. The molecule has 0 amide bonds. The van der Waals surface area contributed by atoms with Gasteiger partial charge in [0, 0.05) is 0 Å². The Morgan fingerprint density at radius 1 is 0.444 bits per heavy atom. The summed E-state index contributed by atoms with van der Waals surface area (Å²) in [6.45, 7) is 0. The number of hydrogen-bond donors (Lipinski definition) is 0. The maximum Gasteiger partial charge on any atom is 3.00 e. The van der Waals surface area contributed by atoms with Crippen molar-refractivity contribution in [2.45, 2.75) is 0 Å². The van der Waals surface area contributed by atoms with Gasteiger partial charge in [0.25, 0.3) is 0 Å². The largest absolute Gasteiger partial charge is 3.00 e. The van der Waals surface area contributed by atoms with E-state index in [0.717, 1.165) is 0 Å². The van der Waals surface area contributed by atoms with Gasteiger partial charge in [-0.1, -0.05) is 0 Å². The van der Waals surface area contributed by atoms with Crippen molar-refractivity contribution in [1.29, 1.82) is 0 Å². The summed E-state index contributed by atoms with van der Waals surface area (Å²) in [6, 6.07) is 0. The molecular formula is Bi2O12Sb3Yb. The molecule has 0 unspecified atom stereocenters. The fourth-order valence-electron chi connectivity index (χ4n) is 0. The second kappa shape index (κ2) is 18.1. The van der Waals surface area contributed by atoms with Crippen LogP contribution < -0.4 is 30.5 Å². The van der Waals surface area contributed by atoms with Gasteiger partial charge in [-0.2, -0.15) is 0 Å². The summed E-state index contributed by atoms with van der Waals surface area (Å²) in [6.07, 6.45) is 0. The topological polar surface area (TPSA) is 259 Å². The summed E-state index contributed by atoms with van der Waals surface area (Å²) in [5.74, 6) is 0. The molecule has 0 aromatic heterocycles. The van der Waals surface area contributed by atoms with Crippen LogP contribution in [0.15, 0.2) is 0 Å². The van der Waals surface area contributed by atoms with Crippen molar-refractivity contribution >= 4 is 113 Å². The average Bonchev–Trinajstić information content (AvgIpc) is 1.41. The van der Waals surface area contributed by atoms with Crippen molar-refractivity contribution in [2.24, 2.45) is 0 Å². The van der Waals surface area contributed by atoms with E-state index >= 15 is 0 Å². The summed E-state index contributed by atoms with van der Waals surface area (Å²) < 4.78 is 104. The van der Waals surface area contributed by atoms with Gasteiger partial charge in [0.1, 0.15) is 0 Å². The van der Waals surface area contributed by atoms with Crippen LogP contribution in [0, 0.1) is 46.9 Å². The normalized spacial score (nSPS) is 9.83. The van der Waals surface area contributed by atoms with Gasteiger partial charge >= 0.3 is 199 Å². The Labute approximate surface area is 194 Å². The van der Waals surface area contributed by atoms with E-state index in [-0.39, 0.29) is 99.3 Å². The zero-order valence-corrected chi connectivity index (χ0v) is 23.7. The maximum absolute atomic E-state index is 8.64. The van der Waals surface area contributed by atoms with Gasteiger partial charge in [0.2, 0.25) is 0 Å². The van der Waals surface area contributed by atoms with Crippen LogP contribution in [0.25, 0.3) is 0 Å². The summed E-state index contributed by atoms with van der Waals surface area (Å²) in [4.78, 5) is 0. The van der Waals surface area contributed by atoms with Crippen molar-refractivity contribution in [3.05, 3.63) is 0 Å². The minimum Gasteiger partial charge on any atom is 3.00 e. The second-order valence-corrected chi connectivity index (χ2v) is 9.00. The van der Waals surface area contributed by atoms with Crippen LogP contribution in [0.4, 0.5) is 0 Å². The maximum atomic E-state index is 8.64. The van der Waals surface area contributed by atoms with E-state index in [4.69, 9.17) is 39.5 Å². The van der Waals surface area contributed by atoms with E-state index in [1.165, 1.54) is 0 Å². The molecule has 18 heavy (non-hydrogen) atoms. The van der Waals surface area contributed by atoms with Gasteiger partial charge in [0.05, 0.1) is 0 Å². The fraction of sp³-hybridized carbons (Fsp3) is 0. The van der Waals surface area contributed by atoms with Crippen molar-refractivity contribution in [1.82, 2.24) is 0 Å². The molecule has 0 spiro atoms. The third-order valence-electron chi connectivity index (χ3n) is 0. The Kier molecular flexibility index (Phi) is 38.6. The molecule has 0 rings (SSSR count). The zero-order valence-electron chi connectivity index (χ0n) is 7.40. The molecule has 111 valence electrons. The molecule has 0 aliphatic carbocycles. The quantitative estimate of drug-likeness (QED) is 0.205. The molecule has 0 fully saturated rings. The van der Waals surface area contributed by atoms with E-state index < -0.39 is 60.2 Å². The molecule has 0 heterocycles. The predicted molar refractivity (Wildman–Crippen MR) is 30.8 cm³/mol. The minimum absolute atomic E-state index is 0. The van der Waals surface area contributed by atoms with E-state index in [1.807, 2.05) is 0 Å². The van der Waals surface area contributed by atoms with Crippen LogP contribution in [0.2, 0.25) is 0 Å². The summed E-state index contributed by atoms with van der Waals surface area (Å²) in [5, 5.41) is 0. The standard InChI is InChI=1S/2Bi.12O.3Sb.Yb/q2*+3;;;;9*-1;;;;+3. The first-order valence-electron chi connectivity index (χ1n) is 2.19. The van der Waals surface area contributed by atoms with Crippen LogP contribution in [0.3, 0.4) is 0 Å². The van der Waals surface area contributed by atoms with Gasteiger partial charge < -0.3 is 0 Å². The first-order chi connectivity index (χ1) is 6.00. The molecule has 0 aromatic rings. The molecule has 12 nitrogen and oxygen atoms in total. The predicted octanol–water partition coefficient (Wildman–Crippen LogP) is -13.0. The Bertz CT molecular complexity index is 211. The zero-order chi connectivity index (χ0) is 13.5. The molecule has 0 atom stereocenters. The summed E-state index contributed by atoms with van der Waals surface area (Å²) >= 11 is -18.3. The molecule has 18 heteroatoms. The van der Waals surface area contributed by atoms with E-state index in [0.29, 0.717) is 0 Å². The van der Waals surface area contributed by atoms with Crippen molar-refractivity contribution in [3.8, 4) is 0 Å². The molecule has 0 N–H and O–H groups in total. The molecule has 0 aliphatic heterocycles. The van der Waals surface area contributed by atoms with Crippen LogP contribution in [0.1, 0.15) is 0 Å². The molecule has 0 saturated heterocycles. The third kappa shape index (κ3) is 356. The van der Waals surface area contributed by atoms with Crippen LogP contribution in [-0.2, 0) is 9.05 Å². The van der Waals surface area contributed by atoms with Gasteiger partial charge in [-0.3, -0.25) is 0 Å². The first kappa shape index (κ1) is 38.4. The summed E-state index contributed by atoms with van der Waals surface area (Å²) in [5.41, 5.74) is 0. The smallest absolute Gasteiger partial charge is 3.00 e. The first-order valence-corrected chi connectivity index (χ1v) is 14.7. The Hall–Kier alpha value is 4.78. The number of rotatable bonds is 0. The van der Waals surface area contributed by atoms with Crippen molar-refractivity contribution in [2.75, 3.05) is 0 Å². The van der Waals surface area contributed by atoms with Gasteiger partial charge in [-0.25, -0.2) is 0 Å². The molecular weight excluding hydrogens is 1150 g/mol. The Balaban J connectivity index is -0.0000000277. The van der Waals surface area contributed by atoms with E-state index in [9.17, 15) is 0 Å². The van der Waals surface area contributed by atoms with E-state index in [2.05, 4.69) is 0 Å². The van der Waals surface area contributed by atoms with Gasteiger partial charge in [-0.15, -0.1) is 0 Å². The third-order valence-corrected chi connectivity index (χ3v) is 0. The SMILES string of the molecule is [Bi+3].[Bi+3].[O]=[Sb]([O-])([O-])[O-].[O]=[Sb]([O-])([O-])[O-].[O]=[Sb]([O-])([O-])[O-].[Yb+3]. The molecule has 0 aliphatic rings. The van der Waals surface area contributed by atoms with E-state index in [1.54, 1.807) is 0 Å². The second-order valence-electron chi connectivity index (χ2n) is 1.34. The van der Waals surface area contributed by atoms with Crippen molar-refractivity contribution in [3.63, 3.8) is 0 Å². The molecule has 0 bridgehead atoms. The Morgan fingerprint density at radius 2 is 0.444 bits per heavy atom. The molecule has 0 saturated carbocycles. The van der Waals surface area contributed by atoms with Gasteiger partial charge in [-0.05, 0) is 0 Å². The molecule has 0 aromatic carbocycles. The fourth-order valence-corrected chi connectivity index (χ4v) is 0. The minimum atomic E-state index is -6.10.